The molecule has 2 saturated carbocycles. The summed E-state index contributed by atoms with van der Waals surface area (Å²) in [4.78, 5) is 29.8. The highest BCUT2D eigenvalue weighted by molar-refractivity contribution is 6.18. The highest BCUT2D eigenvalue weighted by Crippen LogP contribution is 2.71. The maximum atomic E-state index is 14.9. The van der Waals surface area contributed by atoms with Crippen molar-refractivity contribution >= 4 is 28.2 Å². The molecule has 4 heterocycles. The van der Waals surface area contributed by atoms with Crippen LogP contribution in [0, 0.1) is 39.9 Å². The average Bonchev–Trinajstić information content (AvgIpc) is 3.91. The predicted octanol–water partition coefficient (Wildman–Crippen LogP) is 8.22. The van der Waals surface area contributed by atoms with E-state index in [0.29, 0.717) is 31.0 Å². The van der Waals surface area contributed by atoms with Gasteiger partial charge in [0.1, 0.15) is 17.7 Å². The Morgan fingerprint density at radius 1 is 1.07 bits per heavy atom. The van der Waals surface area contributed by atoms with Crippen LogP contribution in [0.4, 0.5) is 0 Å². The fourth-order valence-electron chi connectivity index (χ4n) is 13.7. The van der Waals surface area contributed by atoms with Gasteiger partial charge in [0.15, 0.2) is 5.78 Å². The second kappa shape index (κ2) is 11.6. The van der Waals surface area contributed by atoms with Crippen LogP contribution >= 0.6 is 0 Å². The van der Waals surface area contributed by atoms with E-state index in [-0.39, 0.29) is 39.9 Å². The number of amides is 1. The van der Waals surface area contributed by atoms with Crippen LogP contribution < -0.4 is 0 Å². The molecular formula is C47H57N3O5. The number of hydrogen-bond acceptors (Lipinski definition) is 6. The third-order valence-corrected chi connectivity index (χ3v) is 16.1. The number of fused-ring (bicyclic) bond motifs is 11. The van der Waals surface area contributed by atoms with Gasteiger partial charge in [-0.05, 0) is 132 Å². The molecule has 0 bridgehead atoms. The zero-order valence-corrected chi connectivity index (χ0v) is 33.9. The lowest BCUT2D eigenvalue weighted by molar-refractivity contribution is -0.144. The number of carbonyl (C=O) groups is 2. The van der Waals surface area contributed by atoms with Crippen LogP contribution in [0.2, 0.25) is 0 Å². The van der Waals surface area contributed by atoms with Crippen molar-refractivity contribution in [2.24, 2.45) is 28.6 Å². The number of ketones is 1. The van der Waals surface area contributed by atoms with Crippen molar-refractivity contribution in [1.29, 1.82) is 5.26 Å². The van der Waals surface area contributed by atoms with Gasteiger partial charge in [-0.2, -0.15) is 5.26 Å². The number of carbonyl (C=O) groups excluding carboxylic acids is 2. The van der Waals surface area contributed by atoms with Gasteiger partial charge in [-0.1, -0.05) is 45.1 Å². The van der Waals surface area contributed by atoms with Gasteiger partial charge in [-0.3, -0.25) is 9.59 Å². The third-order valence-electron chi connectivity index (χ3n) is 16.1. The molecule has 290 valence electrons. The summed E-state index contributed by atoms with van der Waals surface area (Å²) >= 11 is 0. The molecule has 7 aliphatic rings. The first-order chi connectivity index (χ1) is 25.8. The van der Waals surface area contributed by atoms with Crippen LogP contribution in [0.1, 0.15) is 139 Å². The zero-order chi connectivity index (χ0) is 39.4. The Morgan fingerprint density at radius 3 is 2.45 bits per heavy atom. The van der Waals surface area contributed by atoms with E-state index in [1.54, 1.807) is 11.0 Å². The number of nitriles is 1. The minimum absolute atomic E-state index is 0.0170. The van der Waals surface area contributed by atoms with Gasteiger partial charge in [-0.25, -0.2) is 0 Å². The first-order valence-corrected chi connectivity index (χ1v) is 20.6. The van der Waals surface area contributed by atoms with Crippen LogP contribution in [0.15, 0.2) is 48.1 Å². The summed E-state index contributed by atoms with van der Waals surface area (Å²) < 4.78 is 8.89. The first kappa shape index (κ1) is 36.8. The molecule has 2 unspecified atom stereocenters. The molecule has 1 aromatic carbocycles. The van der Waals surface area contributed by atoms with E-state index in [1.807, 2.05) is 13.0 Å². The molecular weight excluding hydrogens is 687 g/mol. The largest absolute Gasteiger partial charge is 0.392 e. The first-order valence-electron chi connectivity index (χ1n) is 20.6. The van der Waals surface area contributed by atoms with Gasteiger partial charge in [0.25, 0.3) is 5.91 Å². The minimum atomic E-state index is -0.869. The number of rotatable bonds is 4. The van der Waals surface area contributed by atoms with Crippen molar-refractivity contribution in [3.05, 3.63) is 76.0 Å². The van der Waals surface area contributed by atoms with Crippen molar-refractivity contribution in [1.82, 2.24) is 9.47 Å². The van der Waals surface area contributed by atoms with Crippen LogP contribution in [-0.2, 0) is 21.4 Å². The molecule has 1 aromatic heterocycles. The molecule has 8 nitrogen and oxygen atoms in total. The Labute approximate surface area is 325 Å². The highest BCUT2D eigenvalue weighted by atomic mass is 16.5. The van der Waals surface area contributed by atoms with E-state index in [9.17, 15) is 25.1 Å². The lowest BCUT2D eigenvalue weighted by Gasteiger charge is -2.64. The molecule has 4 aliphatic carbocycles. The summed E-state index contributed by atoms with van der Waals surface area (Å²) in [7, 11) is 0. The lowest BCUT2D eigenvalue weighted by Crippen LogP contribution is -2.62. The van der Waals surface area contributed by atoms with Crippen molar-refractivity contribution in [3.63, 3.8) is 0 Å². The van der Waals surface area contributed by atoms with Crippen molar-refractivity contribution in [3.8, 4) is 6.07 Å². The lowest BCUT2D eigenvalue weighted by atomic mass is 9.40. The summed E-state index contributed by atoms with van der Waals surface area (Å²) in [5, 5.41) is 35.1. The molecule has 3 fully saturated rings. The standard InChI is InChI=1S/C47H57N3O5/c1-25(2)37-40(53)35-34-28(31-23-43(3,4)55-44(5,6)36(31)39(34)52)22-29-30-21-27-14-15-32-45(7,17-12-13-26(24-48)42(54)49-19-10-11-20-49)33(51)16-18-46(32,8)47(27,9)41(30)50(37)38(29)35/h12-13,17,22-23,27,32-33,36-37,39,51-52H,1,10-11,14-16,18-21H2,2-9H3/b17-12+,26-13+/t27?,32-,33-,36?,37-,39+,45-,46-,47+/m0/s1. The topological polar surface area (TPSA) is 116 Å². The monoisotopic (exact) mass is 743 g/mol. The van der Waals surface area contributed by atoms with E-state index >= 15 is 0 Å². The minimum Gasteiger partial charge on any atom is -0.392 e. The van der Waals surface area contributed by atoms with Gasteiger partial charge in [0, 0.05) is 46.5 Å². The van der Waals surface area contributed by atoms with Gasteiger partial charge in [-0.15, -0.1) is 0 Å². The summed E-state index contributed by atoms with van der Waals surface area (Å²) in [6, 6.07) is 3.87. The zero-order valence-electron chi connectivity index (χ0n) is 33.9. The second-order valence-corrected chi connectivity index (χ2v) is 19.9. The van der Waals surface area contributed by atoms with E-state index in [0.717, 1.165) is 71.7 Å². The van der Waals surface area contributed by atoms with Crippen LogP contribution in [0.5, 0.6) is 0 Å². The third kappa shape index (κ3) is 4.61. The van der Waals surface area contributed by atoms with Gasteiger partial charge >= 0.3 is 0 Å². The number of aliphatic hydroxyl groups is 2. The second-order valence-electron chi connectivity index (χ2n) is 19.9. The predicted molar refractivity (Wildman–Crippen MR) is 213 cm³/mol. The molecule has 0 spiro atoms. The normalized spacial score (nSPS) is 38.1. The fourth-order valence-corrected chi connectivity index (χ4v) is 13.7. The smallest absolute Gasteiger partial charge is 0.264 e. The summed E-state index contributed by atoms with van der Waals surface area (Å²) in [5.41, 5.74) is 5.56. The molecule has 1 amide bonds. The Morgan fingerprint density at radius 2 is 1.78 bits per heavy atom. The molecule has 9 rings (SSSR count). The number of nitrogens with zero attached hydrogens (tertiary/aromatic N) is 3. The number of likely N-dealkylation sites (tertiary alicyclic amines) is 1. The number of allylic oxidation sites excluding steroid dienone is 3. The Kier molecular flexibility index (Phi) is 7.80. The van der Waals surface area contributed by atoms with Gasteiger partial charge in [0.05, 0.1) is 34.5 Å². The SMILES string of the molecule is C=C(C)[C@H]1C(=O)c2c3c(cc4c5c(n1c24)[C@@]1(C)C(CC[C@H]2[C@](C)(/C=C/C=C(\C#N)C(=O)N4CCCC4)[C@@H](O)CC[C@@]21C)C5)C1=CC(C)(C)OC(C)(C)C1[C@@H]3O. The van der Waals surface area contributed by atoms with Crippen molar-refractivity contribution in [2.75, 3.05) is 13.1 Å². The highest BCUT2D eigenvalue weighted by Gasteiger charge is 2.68. The molecule has 9 atom stereocenters. The van der Waals surface area contributed by atoms with E-state index in [4.69, 9.17) is 4.74 Å². The number of benzene rings is 1. The van der Waals surface area contributed by atoms with Gasteiger partial charge in [0.2, 0.25) is 0 Å². The van der Waals surface area contributed by atoms with Crippen LogP contribution in [0.3, 0.4) is 0 Å². The summed E-state index contributed by atoms with van der Waals surface area (Å²) in [6.45, 7) is 23.0. The maximum Gasteiger partial charge on any atom is 0.264 e. The summed E-state index contributed by atoms with van der Waals surface area (Å²) in [6.07, 6.45) is 12.5. The molecule has 8 heteroatoms. The van der Waals surface area contributed by atoms with Crippen LogP contribution in [-0.4, -0.2) is 61.8 Å². The Hall–Kier alpha value is -3.77. The fraction of sp³-hybridized carbons (Fsp3) is 0.596. The molecule has 0 radical (unpaired) electrons. The maximum absolute atomic E-state index is 14.9. The molecule has 55 heavy (non-hydrogen) atoms. The van der Waals surface area contributed by atoms with E-state index < -0.39 is 34.9 Å². The molecule has 2 aromatic rings. The van der Waals surface area contributed by atoms with E-state index in [1.165, 1.54) is 11.3 Å². The average molecular weight is 744 g/mol. The number of hydrogen-bond donors (Lipinski definition) is 2. The summed E-state index contributed by atoms with van der Waals surface area (Å²) in [5.74, 6) is -0.0218. The quantitative estimate of drug-likeness (QED) is 0.141. The Bertz CT molecular complexity index is 2240. The Balaban J connectivity index is 1.20. The van der Waals surface area contributed by atoms with Crippen molar-refractivity contribution in [2.45, 2.75) is 135 Å². The number of aromatic nitrogens is 1. The number of ether oxygens (including phenoxy) is 1. The number of Topliss-reactive ketones (excluding diaryl/α,β-unsaturated/α-hetero) is 1. The van der Waals surface area contributed by atoms with E-state index in [2.05, 4.69) is 83.9 Å². The number of aliphatic hydroxyl groups excluding tert-OH is 2. The van der Waals surface area contributed by atoms with Crippen molar-refractivity contribution < 1.29 is 24.5 Å². The van der Waals surface area contributed by atoms with Gasteiger partial charge < -0.3 is 24.4 Å². The molecule has 3 aliphatic heterocycles. The molecule has 2 N–H and O–H groups in total. The van der Waals surface area contributed by atoms with Crippen LogP contribution in [0.25, 0.3) is 16.5 Å². The molecule has 1 saturated heterocycles.